The Balaban J connectivity index is 0. The van der Waals surface area contributed by atoms with Crippen molar-refractivity contribution < 1.29 is 14.3 Å². The molecule has 0 atom stereocenters. The minimum absolute atomic E-state index is 0. The van der Waals surface area contributed by atoms with E-state index in [1.165, 1.54) is 7.11 Å². The fourth-order valence-corrected chi connectivity index (χ4v) is 0.321. The average molecular weight is 125 g/mol. The number of hydrogen-bond donors (Lipinski definition) is 0. The van der Waals surface area contributed by atoms with Crippen LogP contribution in [0.1, 0.15) is 6.92 Å². The van der Waals surface area contributed by atoms with Gasteiger partial charge in [-0.1, -0.05) is 0 Å². The first kappa shape index (κ1) is 11.8. The zero-order valence-electron chi connectivity index (χ0n) is 6.14. The summed E-state index contributed by atoms with van der Waals surface area (Å²) in [4.78, 5) is 10.3. The third-order valence-electron chi connectivity index (χ3n) is 0.568. The molecule has 0 saturated heterocycles. The van der Waals surface area contributed by atoms with E-state index >= 15 is 0 Å². The monoisotopic (exact) mass is 125 g/mol. The van der Waals surface area contributed by atoms with Gasteiger partial charge in [0.25, 0.3) is 0 Å². The fraction of sp³-hybridized carbons (Fsp3) is 0.800. The van der Waals surface area contributed by atoms with Crippen molar-refractivity contribution in [3.05, 3.63) is 0 Å². The summed E-state index contributed by atoms with van der Waals surface area (Å²) in [6.45, 7) is 2.23. The van der Waals surface area contributed by atoms with E-state index in [1.807, 2.05) is 0 Å². The summed E-state index contributed by atoms with van der Waals surface area (Å²) in [7, 11) is 1.46. The molecule has 9 heavy (non-hydrogen) atoms. The number of rotatable bonds is 3. The predicted octanol–water partition coefficient (Wildman–Crippen LogP) is -0.185. The molecule has 3 nitrogen and oxygen atoms in total. The molecule has 0 aromatic rings. The number of methoxy groups -OCH3 is 1. The molecule has 0 aromatic heterocycles. The largest absolute Gasteiger partial charge is 0.464 e. The van der Waals surface area contributed by atoms with Crippen LogP contribution in [0.15, 0.2) is 0 Å². The standard InChI is InChI=1S/C5H10O3.Li/c1-3-8-5(6)4-7-2;/h3-4H2,1-2H3;. The second-order valence-corrected chi connectivity index (χ2v) is 1.24. The van der Waals surface area contributed by atoms with Gasteiger partial charge in [0.15, 0.2) is 0 Å². The molecule has 0 aliphatic rings. The van der Waals surface area contributed by atoms with Gasteiger partial charge >= 0.3 is 5.97 Å². The molecule has 4 heteroatoms. The molecule has 0 aliphatic heterocycles. The number of esters is 1. The molecule has 0 fully saturated rings. The van der Waals surface area contributed by atoms with Gasteiger partial charge in [-0.05, 0) is 6.92 Å². The maximum Gasteiger partial charge on any atom is 0.332 e. The van der Waals surface area contributed by atoms with E-state index in [9.17, 15) is 4.79 Å². The van der Waals surface area contributed by atoms with Crippen molar-refractivity contribution >= 4 is 24.8 Å². The van der Waals surface area contributed by atoms with E-state index in [1.54, 1.807) is 6.92 Å². The van der Waals surface area contributed by atoms with Gasteiger partial charge in [-0.2, -0.15) is 0 Å². The number of carbonyl (C=O) groups is 1. The van der Waals surface area contributed by atoms with Gasteiger partial charge in [0.05, 0.1) is 6.61 Å². The molecule has 0 N–H and O–H groups in total. The van der Waals surface area contributed by atoms with E-state index in [-0.39, 0.29) is 31.4 Å². The van der Waals surface area contributed by atoms with E-state index in [2.05, 4.69) is 9.47 Å². The Kier molecular flexibility index (Phi) is 10.5. The van der Waals surface area contributed by atoms with Gasteiger partial charge in [-0.25, -0.2) is 4.79 Å². The first-order valence-electron chi connectivity index (χ1n) is 2.45. The summed E-state index contributed by atoms with van der Waals surface area (Å²) in [6.07, 6.45) is 0. The van der Waals surface area contributed by atoms with Gasteiger partial charge in [-0.3, -0.25) is 0 Å². The van der Waals surface area contributed by atoms with Crippen molar-refractivity contribution in [3.8, 4) is 0 Å². The molecule has 1 radical (unpaired) electrons. The van der Waals surface area contributed by atoms with Crippen LogP contribution in [-0.4, -0.2) is 45.2 Å². The van der Waals surface area contributed by atoms with Crippen LogP contribution < -0.4 is 0 Å². The zero-order valence-corrected chi connectivity index (χ0v) is 6.14. The van der Waals surface area contributed by atoms with E-state index < -0.39 is 0 Å². The molecule has 0 aliphatic carbocycles. The zero-order chi connectivity index (χ0) is 6.41. The van der Waals surface area contributed by atoms with Crippen molar-refractivity contribution in [2.45, 2.75) is 6.92 Å². The van der Waals surface area contributed by atoms with Crippen LogP contribution in [0.2, 0.25) is 0 Å². The maximum absolute atomic E-state index is 10.3. The molecule has 0 rings (SSSR count). The normalized spacial score (nSPS) is 7.78. The van der Waals surface area contributed by atoms with Crippen LogP contribution in [0.4, 0.5) is 0 Å². The third-order valence-corrected chi connectivity index (χ3v) is 0.568. The van der Waals surface area contributed by atoms with Crippen LogP contribution >= 0.6 is 0 Å². The molecule has 0 unspecified atom stereocenters. The van der Waals surface area contributed by atoms with Crippen molar-refractivity contribution in [2.75, 3.05) is 20.3 Å². The summed E-state index contributed by atoms with van der Waals surface area (Å²) < 4.78 is 9.00. The Morgan fingerprint density at radius 1 is 1.56 bits per heavy atom. The SMILES string of the molecule is CCOC(=O)COC.[Li]. The molecule has 49 valence electrons. The molecule has 0 heterocycles. The Labute approximate surface area is 66.9 Å². The Bertz CT molecular complexity index is 66.6. The van der Waals surface area contributed by atoms with Gasteiger partial charge in [0, 0.05) is 26.0 Å². The van der Waals surface area contributed by atoms with Crippen LogP contribution in [0.3, 0.4) is 0 Å². The van der Waals surface area contributed by atoms with Gasteiger partial charge in [-0.15, -0.1) is 0 Å². The van der Waals surface area contributed by atoms with Crippen LogP contribution in [-0.2, 0) is 14.3 Å². The van der Waals surface area contributed by atoms with E-state index in [0.29, 0.717) is 6.61 Å². The van der Waals surface area contributed by atoms with Crippen molar-refractivity contribution in [1.29, 1.82) is 0 Å². The summed E-state index contributed by atoms with van der Waals surface area (Å²) in [5.41, 5.74) is 0. The summed E-state index contributed by atoms with van der Waals surface area (Å²) in [5.74, 6) is -0.310. The number of hydrogen-bond acceptors (Lipinski definition) is 3. The minimum Gasteiger partial charge on any atom is -0.464 e. The molecule has 0 aromatic carbocycles. The molecule has 0 amide bonds. The fourth-order valence-electron chi connectivity index (χ4n) is 0.321. The first-order chi connectivity index (χ1) is 3.81. The van der Waals surface area contributed by atoms with Crippen LogP contribution in [0.5, 0.6) is 0 Å². The molecule has 0 spiro atoms. The van der Waals surface area contributed by atoms with Crippen LogP contribution in [0, 0.1) is 0 Å². The quantitative estimate of drug-likeness (QED) is 0.387. The minimum atomic E-state index is -0.310. The van der Waals surface area contributed by atoms with Crippen molar-refractivity contribution in [1.82, 2.24) is 0 Å². The smallest absolute Gasteiger partial charge is 0.332 e. The Hall–Kier alpha value is 0.0274. The summed E-state index contributed by atoms with van der Waals surface area (Å²) in [6, 6.07) is 0. The molecule has 0 bridgehead atoms. The van der Waals surface area contributed by atoms with Crippen molar-refractivity contribution in [3.63, 3.8) is 0 Å². The molecule has 0 saturated carbocycles. The predicted molar refractivity (Wildman–Crippen MR) is 34.3 cm³/mol. The first-order valence-corrected chi connectivity index (χ1v) is 2.45. The second kappa shape index (κ2) is 8.03. The summed E-state index contributed by atoms with van der Waals surface area (Å²) >= 11 is 0. The van der Waals surface area contributed by atoms with Gasteiger partial charge in [0.1, 0.15) is 6.61 Å². The van der Waals surface area contributed by atoms with Gasteiger partial charge in [0.2, 0.25) is 0 Å². The third kappa shape index (κ3) is 8.03. The maximum atomic E-state index is 10.3. The molecular formula is C5H10LiO3. The van der Waals surface area contributed by atoms with E-state index in [0.717, 1.165) is 0 Å². The van der Waals surface area contributed by atoms with Gasteiger partial charge < -0.3 is 9.47 Å². The number of ether oxygens (including phenoxy) is 2. The number of carbonyl (C=O) groups excluding carboxylic acids is 1. The average Bonchev–Trinajstić information content (AvgIpc) is 1.68. The van der Waals surface area contributed by atoms with E-state index in [4.69, 9.17) is 0 Å². The topological polar surface area (TPSA) is 35.5 Å². The Morgan fingerprint density at radius 2 is 2.11 bits per heavy atom. The van der Waals surface area contributed by atoms with Crippen LogP contribution in [0.25, 0.3) is 0 Å². The van der Waals surface area contributed by atoms with Crippen molar-refractivity contribution in [2.24, 2.45) is 0 Å². The summed E-state index contributed by atoms with van der Waals surface area (Å²) in [5, 5.41) is 0. The molecular weight excluding hydrogens is 115 g/mol. The second-order valence-electron chi connectivity index (χ2n) is 1.24. The Morgan fingerprint density at radius 3 is 2.44 bits per heavy atom.